The molecule has 6 heteroatoms. The van der Waals surface area contributed by atoms with Gasteiger partial charge < -0.3 is 4.90 Å². The SMILES string of the molecule is Cc1ncccc1-c1ccc2nc(N3CCC4(CC3)Cc3ccc(C#N)cc3C4)c3cnc1n23. The second-order valence-corrected chi connectivity index (χ2v) is 9.92. The maximum absolute atomic E-state index is 9.26. The molecule has 34 heavy (non-hydrogen) atoms. The number of pyridine rings is 2. The van der Waals surface area contributed by atoms with Crippen LogP contribution in [0.5, 0.6) is 0 Å². The lowest BCUT2D eigenvalue weighted by molar-refractivity contribution is 0.232. The number of hydrogen-bond acceptors (Lipinski definition) is 5. The average molecular weight is 445 g/mol. The first-order valence-corrected chi connectivity index (χ1v) is 11.9. The Bertz CT molecular complexity index is 1600. The summed E-state index contributed by atoms with van der Waals surface area (Å²) in [4.78, 5) is 16.7. The van der Waals surface area contributed by atoms with Gasteiger partial charge in [-0.25, -0.2) is 9.97 Å². The van der Waals surface area contributed by atoms with Gasteiger partial charge in [-0.3, -0.25) is 9.38 Å². The third kappa shape index (κ3) is 2.76. The zero-order valence-corrected chi connectivity index (χ0v) is 19.1. The van der Waals surface area contributed by atoms with Crippen molar-refractivity contribution >= 4 is 22.6 Å². The monoisotopic (exact) mass is 444 g/mol. The molecule has 166 valence electrons. The molecule has 0 atom stereocenters. The number of piperidine rings is 1. The Hall–Kier alpha value is -3.98. The molecular formula is C28H24N6. The van der Waals surface area contributed by atoms with E-state index in [-0.39, 0.29) is 0 Å². The van der Waals surface area contributed by atoms with E-state index < -0.39 is 0 Å². The van der Waals surface area contributed by atoms with Gasteiger partial charge in [0.25, 0.3) is 0 Å². The fraction of sp³-hybridized carbons (Fsp3) is 0.286. The van der Waals surface area contributed by atoms with E-state index in [1.54, 1.807) is 0 Å². The van der Waals surface area contributed by atoms with Crippen molar-refractivity contribution in [2.45, 2.75) is 32.6 Å². The van der Waals surface area contributed by atoms with Crippen LogP contribution in [0.1, 0.15) is 35.2 Å². The Kier molecular flexibility index (Phi) is 4.02. The van der Waals surface area contributed by atoms with E-state index in [2.05, 4.69) is 50.7 Å². The topological polar surface area (TPSA) is 70.1 Å². The molecule has 0 saturated carbocycles. The van der Waals surface area contributed by atoms with Gasteiger partial charge in [0, 0.05) is 36.1 Å². The van der Waals surface area contributed by atoms with Crippen molar-refractivity contribution in [1.82, 2.24) is 19.4 Å². The summed E-state index contributed by atoms with van der Waals surface area (Å²) in [5, 5.41) is 9.26. The molecule has 0 unspecified atom stereocenters. The molecule has 2 aliphatic rings. The van der Waals surface area contributed by atoms with Crippen LogP contribution in [0.15, 0.2) is 54.9 Å². The quantitative estimate of drug-likeness (QED) is 0.385. The van der Waals surface area contributed by atoms with Crippen LogP contribution in [0.4, 0.5) is 5.82 Å². The zero-order valence-electron chi connectivity index (χ0n) is 19.1. The maximum atomic E-state index is 9.26. The van der Waals surface area contributed by atoms with E-state index in [9.17, 15) is 5.26 Å². The Morgan fingerprint density at radius 1 is 0.971 bits per heavy atom. The first kappa shape index (κ1) is 19.5. The van der Waals surface area contributed by atoms with Gasteiger partial charge >= 0.3 is 0 Å². The Balaban J connectivity index is 1.19. The van der Waals surface area contributed by atoms with Gasteiger partial charge in [0.1, 0.15) is 16.8 Å². The molecule has 5 aromatic rings. The summed E-state index contributed by atoms with van der Waals surface area (Å²) in [6.07, 6.45) is 8.29. The number of aryl methyl sites for hydroxylation is 1. The van der Waals surface area contributed by atoms with E-state index in [4.69, 9.17) is 9.97 Å². The summed E-state index contributed by atoms with van der Waals surface area (Å²) >= 11 is 0. The van der Waals surface area contributed by atoms with Crippen molar-refractivity contribution in [2.24, 2.45) is 5.41 Å². The smallest absolute Gasteiger partial charge is 0.157 e. The first-order valence-electron chi connectivity index (χ1n) is 11.9. The van der Waals surface area contributed by atoms with Gasteiger partial charge in [-0.15, -0.1) is 0 Å². The van der Waals surface area contributed by atoms with Gasteiger partial charge in [-0.05, 0) is 79.5 Å². The maximum Gasteiger partial charge on any atom is 0.157 e. The molecule has 1 aliphatic heterocycles. The normalized spacial score (nSPS) is 17.0. The number of hydrogen-bond donors (Lipinski definition) is 0. The third-order valence-electron chi connectivity index (χ3n) is 7.97. The lowest BCUT2D eigenvalue weighted by Crippen LogP contribution is -2.40. The van der Waals surface area contributed by atoms with Gasteiger partial charge in [-0.2, -0.15) is 5.26 Å². The summed E-state index contributed by atoms with van der Waals surface area (Å²) < 4.78 is 2.19. The number of nitrogens with zero attached hydrogens (tertiary/aromatic N) is 6. The predicted molar refractivity (Wildman–Crippen MR) is 132 cm³/mol. The van der Waals surface area contributed by atoms with Crippen LogP contribution in [0.2, 0.25) is 0 Å². The molecule has 0 amide bonds. The fourth-order valence-electron chi connectivity index (χ4n) is 6.15. The standard InChI is InChI=1S/C28H24N6/c1-18-22(3-2-10-30-18)23-6-7-25-32-27(24-17-31-26(23)34(24)25)33-11-8-28(9-12-33)14-20-5-4-19(16-29)13-21(20)15-28/h2-7,10,13,17H,8-9,11-12,14-15H2,1H3. The van der Waals surface area contributed by atoms with E-state index >= 15 is 0 Å². The molecule has 1 aliphatic carbocycles. The molecule has 1 fully saturated rings. The van der Waals surface area contributed by atoms with Crippen molar-refractivity contribution < 1.29 is 0 Å². The van der Waals surface area contributed by atoms with Crippen LogP contribution >= 0.6 is 0 Å². The average Bonchev–Trinajstić information content (AvgIpc) is 3.55. The van der Waals surface area contributed by atoms with Crippen LogP contribution in [0, 0.1) is 23.7 Å². The van der Waals surface area contributed by atoms with E-state index in [0.717, 1.165) is 83.8 Å². The number of anilines is 1. The molecule has 6 nitrogen and oxygen atoms in total. The summed E-state index contributed by atoms with van der Waals surface area (Å²) in [7, 11) is 0. The van der Waals surface area contributed by atoms with E-state index in [1.165, 1.54) is 11.1 Å². The highest BCUT2D eigenvalue weighted by atomic mass is 15.2. The minimum atomic E-state index is 0.316. The highest BCUT2D eigenvalue weighted by Gasteiger charge is 2.40. The highest BCUT2D eigenvalue weighted by molar-refractivity contribution is 5.88. The minimum absolute atomic E-state index is 0.316. The minimum Gasteiger partial charge on any atom is -0.355 e. The first-order chi connectivity index (χ1) is 16.6. The number of imidazole rings is 2. The Morgan fingerprint density at radius 2 is 1.82 bits per heavy atom. The predicted octanol–water partition coefficient (Wildman–Crippen LogP) is 4.95. The van der Waals surface area contributed by atoms with Crippen LogP contribution in [-0.2, 0) is 12.8 Å². The van der Waals surface area contributed by atoms with E-state index in [1.807, 2.05) is 31.5 Å². The molecule has 1 spiro atoms. The molecule has 0 N–H and O–H groups in total. The lowest BCUT2D eigenvalue weighted by Gasteiger charge is -2.39. The van der Waals surface area contributed by atoms with Crippen molar-refractivity contribution in [1.29, 1.82) is 5.26 Å². The van der Waals surface area contributed by atoms with Gasteiger partial charge in [0.15, 0.2) is 5.82 Å². The Labute approximate surface area is 197 Å². The molecule has 5 heterocycles. The van der Waals surface area contributed by atoms with Gasteiger partial charge in [-0.1, -0.05) is 12.1 Å². The number of fused-ring (bicyclic) bond motifs is 1. The number of aromatic nitrogens is 4. The van der Waals surface area contributed by atoms with Crippen molar-refractivity contribution in [3.63, 3.8) is 0 Å². The number of rotatable bonds is 2. The largest absolute Gasteiger partial charge is 0.355 e. The Morgan fingerprint density at radius 3 is 2.65 bits per heavy atom. The van der Waals surface area contributed by atoms with Crippen molar-refractivity contribution in [2.75, 3.05) is 18.0 Å². The van der Waals surface area contributed by atoms with E-state index in [0.29, 0.717) is 5.41 Å². The van der Waals surface area contributed by atoms with Crippen LogP contribution in [0.25, 0.3) is 27.9 Å². The third-order valence-corrected chi connectivity index (χ3v) is 7.97. The number of benzene rings is 1. The molecule has 0 radical (unpaired) electrons. The van der Waals surface area contributed by atoms with Gasteiger partial charge in [0.2, 0.25) is 0 Å². The van der Waals surface area contributed by atoms with Crippen LogP contribution < -0.4 is 4.90 Å². The lowest BCUT2D eigenvalue weighted by atomic mass is 9.76. The number of nitriles is 1. The van der Waals surface area contributed by atoms with Gasteiger partial charge in [0.05, 0.1) is 17.8 Å². The molecule has 1 aromatic carbocycles. The molecular weight excluding hydrogens is 420 g/mol. The van der Waals surface area contributed by atoms with Crippen molar-refractivity contribution in [3.05, 3.63) is 77.2 Å². The van der Waals surface area contributed by atoms with Crippen molar-refractivity contribution in [3.8, 4) is 17.2 Å². The second kappa shape index (κ2) is 7.01. The highest BCUT2D eigenvalue weighted by Crippen LogP contribution is 2.46. The molecule has 7 rings (SSSR count). The summed E-state index contributed by atoms with van der Waals surface area (Å²) in [5.74, 6) is 1.04. The van der Waals surface area contributed by atoms with Crippen LogP contribution in [0.3, 0.4) is 0 Å². The summed E-state index contributed by atoms with van der Waals surface area (Å²) in [5.41, 5.74) is 10.1. The summed E-state index contributed by atoms with van der Waals surface area (Å²) in [6.45, 7) is 4.03. The second-order valence-electron chi connectivity index (χ2n) is 9.92. The molecule has 4 aromatic heterocycles. The molecule has 0 bridgehead atoms. The fourth-order valence-corrected chi connectivity index (χ4v) is 6.15. The zero-order chi connectivity index (χ0) is 22.9. The van der Waals surface area contributed by atoms with Crippen LogP contribution in [-0.4, -0.2) is 32.4 Å². The summed E-state index contributed by atoms with van der Waals surface area (Å²) in [6, 6.07) is 16.8. The molecule has 1 saturated heterocycles.